The van der Waals surface area contributed by atoms with Crippen molar-refractivity contribution in [2.75, 3.05) is 13.2 Å². The lowest BCUT2D eigenvalue weighted by Gasteiger charge is -2.16. The zero-order valence-electron chi connectivity index (χ0n) is 13.4. The Kier molecular flexibility index (Phi) is 7.99. The number of carbonyl (C=O) groups excluding carboxylic acids is 1. The van der Waals surface area contributed by atoms with E-state index in [4.69, 9.17) is 72.2 Å². The summed E-state index contributed by atoms with van der Waals surface area (Å²) in [6, 6.07) is 7.65. The molecule has 0 bridgehead atoms. The number of ether oxygens (including phenoxy) is 3. The number of esters is 1. The molecule has 2 rings (SSSR count). The summed E-state index contributed by atoms with van der Waals surface area (Å²) in [5, 5.41) is 1.71. The van der Waals surface area contributed by atoms with E-state index in [9.17, 15) is 4.79 Å². The van der Waals surface area contributed by atoms with Crippen LogP contribution in [-0.4, -0.2) is 25.3 Å². The number of halogens is 5. The molecule has 4 nitrogen and oxygen atoms in total. The van der Waals surface area contributed by atoms with Gasteiger partial charge >= 0.3 is 5.97 Å². The van der Waals surface area contributed by atoms with Gasteiger partial charge < -0.3 is 14.2 Å². The van der Waals surface area contributed by atoms with Crippen molar-refractivity contribution in [2.45, 2.75) is 13.0 Å². The zero-order chi connectivity index (χ0) is 19.3. The van der Waals surface area contributed by atoms with Crippen LogP contribution in [0.15, 0.2) is 30.3 Å². The number of hydrogen-bond acceptors (Lipinski definition) is 4. The van der Waals surface area contributed by atoms with Gasteiger partial charge in [-0.25, -0.2) is 4.79 Å². The third kappa shape index (κ3) is 6.29. The van der Waals surface area contributed by atoms with Gasteiger partial charge in [0, 0.05) is 11.1 Å². The van der Waals surface area contributed by atoms with E-state index < -0.39 is 12.1 Å². The molecule has 2 aromatic rings. The molecule has 0 amide bonds. The van der Waals surface area contributed by atoms with Crippen LogP contribution in [0.4, 0.5) is 0 Å². The summed E-state index contributed by atoms with van der Waals surface area (Å²) < 4.78 is 16.0. The minimum absolute atomic E-state index is 0.0745. The highest BCUT2D eigenvalue weighted by Crippen LogP contribution is 2.34. The molecule has 2 aromatic carbocycles. The lowest BCUT2D eigenvalue weighted by molar-refractivity contribution is -0.151. The van der Waals surface area contributed by atoms with Gasteiger partial charge in [0.1, 0.15) is 24.2 Å². The molecule has 9 heteroatoms. The van der Waals surface area contributed by atoms with E-state index in [-0.39, 0.29) is 13.2 Å². The minimum Gasteiger partial charge on any atom is -0.488 e. The molecule has 140 valence electrons. The molecule has 0 heterocycles. The van der Waals surface area contributed by atoms with Gasteiger partial charge in [-0.2, -0.15) is 0 Å². The summed E-state index contributed by atoms with van der Waals surface area (Å²) in [5.41, 5.74) is 0. The van der Waals surface area contributed by atoms with Crippen LogP contribution in [0.5, 0.6) is 11.5 Å². The summed E-state index contributed by atoms with van der Waals surface area (Å²) in [4.78, 5) is 11.8. The molecule has 0 radical (unpaired) electrons. The van der Waals surface area contributed by atoms with E-state index in [1.165, 1.54) is 18.2 Å². The van der Waals surface area contributed by atoms with Crippen molar-refractivity contribution in [3.63, 3.8) is 0 Å². The second-order valence-corrected chi connectivity index (χ2v) is 7.24. The van der Waals surface area contributed by atoms with Gasteiger partial charge in [0.2, 0.25) is 0 Å². The van der Waals surface area contributed by atoms with Crippen molar-refractivity contribution in [3.8, 4) is 11.5 Å². The fraction of sp³-hybridized carbons (Fsp3) is 0.235. The van der Waals surface area contributed by atoms with Crippen LogP contribution >= 0.6 is 58.0 Å². The molecule has 0 aromatic heterocycles. The average molecular weight is 459 g/mol. The van der Waals surface area contributed by atoms with E-state index in [0.717, 1.165) is 0 Å². The van der Waals surface area contributed by atoms with E-state index in [1.54, 1.807) is 19.1 Å². The number of carbonyl (C=O) groups is 1. The molecule has 1 atom stereocenters. The van der Waals surface area contributed by atoms with Crippen LogP contribution in [0.1, 0.15) is 6.92 Å². The lowest BCUT2D eigenvalue weighted by Crippen LogP contribution is -2.25. The van der Waals surface area contributed by atoms with E-state index in [0.29, 0.717) is 36.6 Å². The summed E-state index contributed by atoms with van der Waals surface area (Å²) in [7, 11) is 0. The van der Waals surface area contributed by atoms with E-state index in [1.807, 2.05) is 0 Å². The Morgan fingerprint density at radius 3 is 2.23 bits per heavy atom. The predicted octanol–water partition coefficient (Wildman–Crippen LogP) is 6.34. The van der Waals surface area contributed by atoms with Crippen molar-refractivity contribution < 1.29 is 19.0 Å². The first-order valence-corrected chi connectivity index (χ1v) is 9.20. The van der Waals surface area contributed by atoms with E-state index in [2.05, 4.69) is 0 Å². The molecule has 0 aliphatic rings. The molecule has 1 unspecified atom stereocenters. The maximum Gasteiger partial charge on any atom is 0.344 e. The molecule has 0 spiro atoms. The largest absolute Gasteiger partial charge is 0.488 e. The Bertz CT molecular complexity index is 797. The van der Waals surface area contributed by atoms with Gasteiger partial charge in [0.05, 0.1) is 20.1 Å². The van der Waals surface area contributed by atoms with Gasteiger partial charge in [-0.1, -0.05) is 58.0 Å². The van der Waals surface area contributed by atoms with Crippen LogP contribution in [0.3, 0.4) is 0 Å². The fourth-order valence-electron chi connectivity index (χ4n) is 1.84. The number of hydrogen-bond donors (Lipinski definition) is 0. The predicted molar refractivity (Wildman–Crippen MR) is 104 cm³/mol. The van der Waals surface area contributed by atoms with Crippen LogP contribution in [-0.2, 0) is 9.53 Å². The van der Waals surface area contributed by atoms with Gasteiger partial charge in [0.25, 0.3) is 0 Å². The Balaban J connectivity index is 1.81. The third-order valence-electron chi connectivity index (χ3n) is 3.02. The molecule has 0 aliphatic carbocycles. The highest BCUT2D eigenvalue weighted by molar-refractivity contribution is 6.43. The molecule has 0 aliphatic heterocycles. The number of benzene rings is 2. The number of rotatable bonds is 7. The quantitative estimate of drug-likeness (QED) is 0.359. The van der Waals surface area contributed by atoms with Crippen LogP contribution in [0.25, 0.3) is 0 Å². The van der Waals surface area contributed by atoms with Gasteiger partial charge in [-0.15, -0.1) is 0 Å². The third-order valence-corrected chi connectivity index (χ3v) is 4.57. The normalized spacial score (nSPS) is 11.8. The van der Waals surface area contributed by atoms with Crippen molar-refractivity contribution in [1.82, 2.24) is 0 Å². The standard InChI is InChI=1S/C17H13Cl5O4/c1-9(7-24-16-6-12(20)11(19)5-14(16)22)26-17(23)8-25-15-3-2-10(18)4-13(15)21/h2-6,9H,7-8H2,1H3. The zero-order valence-corrected chi connectivity index (χ0v) is 17.2. The van der Waals surface area contributed by atoms with Gasteiger partial charge in [-0.05, 0) is 31.2 Å². The summed E-state index contributed by atoms with van der Waals surface area (Å²) in [6.45, 7) is 1.43. The minimum atomic E-state index is -0.577. The molecule has 0 saturated heterocycles. The maximum absolute atomic E-state index is 11.8. The van der Waals surface area contributed by atoms with Crippen molar-refractivity contribution in [2.24, 2.45) is 0 Å². The first-order chi connectivity index (χ1) is 12.3. The molecule has 0 fully saturated rings. The maximum atomic E-state index is 11.8. The first kappa shape index (κ1) is 21.3. The van der Waals surface area contributed by atoms with Crippen molar-refractivity contribution >= 4 is 64.0 Å². The van der Waals surface area contributed by atoms with Crippen molar-refractivity contribution in [3.05, 3.63) is 55.4 Å². The fourth-order valence-corrected chi connectivity index (χ4v) is 2.90. The second-order valence-electron chi connectivity index (χ2n) is 5.17. The van der Waals surface area contributed by atoms with Gasteiger partial charge in [-0.3, -0.25) is 0 Å². The highest BCUT2D eigenvalue weighted by atomic mass is 35.5. The monoisotopic (exact) mass is 456 g/mol. The highest BCUT2D eigenvalue weighted by Gasteiger charge is 2.14. The van der Waals surface area contributed by atoms with Crippen LogP contribution in [0.2, 0.25) is 25.1 Å². The SMILES string of the molecule is CC(COc1cc(Cl)c(Cl)cc1Cl)OC(=O)COc1ccc(Cl)cc1Cl. The summed E-state index contributed by atoms with van der Waals surface area (Å²) in [6.07, 6.45) is -0.544. The molecular weight excluding hydrogens is 445 g/mol. The topological polar surface area (TPSA) is 44.8 Å². The van der Waals surface area contributed by atoms with E-state index >= 15 is 0 Å². The average Bonchev–Trinajstić information content (AvgIpc) is 2.56. The second kappa shape index (κ2) is 9.77. The lowest BCUT2D eigenvalue weighted by atomic mass is 10.3. The molecule has 26 heavy (non-hydrogen) atoms. The smallest absolute Gasteiger partial charge is 0.344 e. The van der Waals surface area contributed by atoms with Crippen molar-refractivity contribution in [1.29, 1.82) is 0 Å². The Hall–Kier alpha value is -1.04. The van der Waals surface area contributed by atoms with Gasteiger partial charge in [0.15, 0.2) is 6.61 Å². The Labute approximate surface area is 175 Å². The summed E-state index contributed by atoms with van der Waals surface area (Å²) >= 11 is 29.5. The summed E-state index contributed by atoms with van der Waals surface area (Å²) in [5.74, 6) is 0.0972. The van der Waals surface area contributed by atoms with Crippen LogP contribution < -0.4 is 9.47 Å². The molecular formula is C17H13Cl5O4. The first-order valence-electron chi connectivity index (χ1n) is 7.31. The molecule has 0 saturated carbocycles. The molecule has 0 N–H and O–H groups in total. The Morgan fingerprint density at radius 2 is 1.54 bits per heavy atom. The van der Waals surface area contributed by atoms with Crippen LogP contribution in [0, 0.1) is 0 Å². The Morgan fingerprint density at radius 1 is 0.885 bits per heavy atom.